The first-order valence-electron chi connectivity index (χ1n) is 5.74. The van der Waals surface area contributed by atoms with E-state index < -0.39 is 0 Å². The van der Waals surface area contributed by atoms with Gasteiger partial charge in [-0.3, -0.25) is 4.79 Å². The van der Waals surface area contributed by atoms with Crippen molar-refractivity contribution in [2.24, 2.45) is 0 Å². The number of carbonyl (C=O) groups excluding carboxylic acids is 1. The summed E-state index contributed by atoms with van der Waals surface area (Å²) in [5.74, 6) is 0.663. The van der Waals surface area contributed by atoms with E-state index in [0.717, 1.165) is 29.1 Å². The van der Waals surface area contributed by atoms with Crippen LogP contribution in [-0.4, -0.2) is 26.1 Å². The van der Waals surface area contributed by atoms with Crippen LogP contribution in [0.15, 0.2) is 12.1 Å². The summed E-state index contributed by atoms with van der Waals surface area (Å²) >= 11 is 0. The quantitative estimate of drug-likeness (QED) is 0.820. The lowest BCUT2D eigenvalue weighted by atomic mass is 10.1. The van der Waals surface area contributed by atoms with Crippen LogP contribution in [-0.2, 0) is 4.79 Å². The number of nitrogens with one attached hydrogen (secondary N) is 2. The van der Waals surface area contributed by atoms with Crippen LogP contribution in [0.3, 0.4) is 0 Å². The lowest BCUT2D eigenvalue weighted by Crippen LogP contribution is -2.28. The van der Waals surface area contributed by atoms with Gasteiger partial charge in [0.25, 0.3) is 0 Å². The normalized spacial score (nSPS) is 10.1. The molecule has 0 bridgehead atoms. The fraction of sp³-hybridized carbons (Fsp3) is 0.462. The van der Waals surface area contributed by atoms with Crippen LogP contribution in [0.1, 0.15) is 18.1 Å². The Bertz CT molecular complexity index is 403. The van der Waals surface area contributed by atoms with Crippen molar-refractivity contribution in [1.29, 1.82) is 0 Å². The molecule has 17 heavy (non-hydrogen) atoms. The lowest BCUT2D eigenvalue weighted by Gasteiger charge is -2.13. The molecule has 2 N–H and O–H groups in total. The monoisotopic (exact) mass is 236 g/mol. The van der Waals surface area contributed by atoms with Crippen LogP contribution in [0.25, 0.3) is 0 Å². The molecule has 0 aliphatic heterocycles. The van der Waals surface area contributed by atoms with E-state index in [4.69, 9.17) is 4.74 Å². The van der Waals surface area contributed by atoms with Crippen LogP contribution in [0.5, 0.6) is 5.75 Å². The maximum atomic E-state index is 11.6. The van der Waals surface area contributed by atoms with Crippen LogP contribution >= 0.6 is 0 Å². The zero-order chi connectivity index (χ0) is 12.8. The van der Waals surface area contributed by atoms with Gasteiger partial charge in [0, 0.05) is 0 Å². The van der Waals surface area contributed by atoms with Gasteiger partial charge in [0.2, 0.25) is 5.91 Å². The Morgan fingerprint density at radius 2 is 2.06 bits per heavy atom. The van der Waals surface area contributed by atoms with Gasteiger partial charge in [0.1, 0.15) is 5.75 Å². The molecular weight excluding hydrogens is 216 g/mol. The molecule has 0 unspecified atom stereocenters. The Balaban J connectivity index is 2.85. The lowest BCUT2D eigenvalue weighted by molar-refractivity contribution is -0.115. The maximum Gasteiger partial charge on any atom is 0.238 e. The first-order valence-corrected chi connectivity index (χ1v) is 5.74. The number of benzene rings is 1. The number of likely N-dealkylation sites (N-methyl/N-ethyl adjacent to an activating group) is 1. The molecule has 0 spiro atoms. The highest BCUT2D eigenvalue weighted by atomic mass is 16.5. The van der Waals surface area contributed by atoms with E-state index >= 15 is 0 Å². The van der Waals surface area contributed by atoms with Crippen molar-refractivity contribution >= 4 is 11.6 Å². The summed E-state index contributed by atoms with van der Waals surface area (Å²) in [7, 11) is 1.61. The van der Waals surface area contributed by atoms with Gasteiger partial charge in [-0.25, -0.2) is 0 Å². The molecule has 4 heteroatoms. The molecule has 4 nitrogen and oxygen atoms in total. The van der Waals surface area contributed by atoms with Crippen LogP contribution < -0.4 is 15.4 Å². The molecule has 0 atom stereocenters. The van der Waals surface area contributed by atoms with Crippen LogP contribution in [0.2, 0.25) is 0 Å². The van der Waals surface area contributed by atoms with Crippen molar-refractivity contribution in [2.75, 3.05) is 25.5 Å². The number of amides is 1. The maximum absolute atomic E-state index is 11.6. The van der Waals surface area contributed by atoms with E-state index in [1.54, 1.807) is 7.11 Å². The Labute approximate surface area is 102 Å². The van der Waals surface area contributed by atoms with Crippen LogP contribution in [0.4, 0.5) is 5.69 Å². The van der Waals surface area contributed by atoms with E-state index in [9.17, 15) is 4.79 Å². The van der Waals surface area contributed by atoms with Crippen molar-refractivity contribution in [3.8, 4) is 5.75 Å². The first kappa shape index (κ1) is 13.5. The van der Waals surface area contributed by atoms with E-state index in [-0.39, 0.29) is 5.91 Å². The molecule has 0 fully saturated rings. The number of methoxy groups -OCH3 is 1. The third kappa shape index (κ3) is 3.75. The van der Waals surface area contributed by atoms with Gasteiger partial charge < -0.3 is 15.4 Å². The Morgan fingerprint density at radius 1 is 1.35 bits per heavy atom. The van der Waals surface area contributed by atoms with E-state index in [1.807, 2.05) is 32.9 Å². The van der Waals surface area contributed by atoms with Gasteiger partial charge in [-0.2, -0.15) is 0 Å². The summed E-state index contributed by atoms with van der Waals surface area (Å²) in [5.41, 5.74) is 2.85. The SMILES string of the molecule is CCNCC(=O)Nc1cc(C)cc(C)c1OC. The third-order valence-electron chi connectivity index (χ3n) is 2.43. The second-order valence-electron chi connectivity index (χ2n) is 3.99. The van der Waals surface area contributed by atoms with Gasteiger partial charge in [0.05, 0.1) is 19.3 Å². The van der Waals surface area contributed by atoms with E-state index in [1.165, 1.54) is 0 Å². The molecule has 1 aromatic rings. The van der Waals surface area contributed by atoms with Gasteiger partial charge >= 0.3 is 0 Å². The summed E-state index contributed by atoms with van der Waals surface area (Å²) in [6, 6.07) is 3.94. The predicted octanol–water partition coefficient (Wildman–Crippen LogP) is 1.86. The standard InChI is InChI=1S/C13H20N2O2/c1-5-14-8-12(16)15-11-7-9(2)6-10(3)13(11)17-4/h6-7,14H,5,8H2,1-4H3,(H,15,16). The number of ether oxygens (including phenoxy) is 1. The first-order chi connectivity index (χ1) is 8.08. The Hall–Kier alpha value is -1.55. The van der Waals surface area contributed by atoms with Crippen molar-refractivity contribution < 1.29 is 9.53 Å². The van der Waals surface area contributed by atoms with Crippen LogP contribution in [0, 0.1) is 13.8 Å². The second kappa shape index (κ2) is 6.25. The molecular formula is C13H20N2O2. The molecule has 94 valence electrons. The zero-order valence-electron chi connectivity index (χ0n) is 10.9. The number of hydrogen-bond donors (Lipinski definition) is 2. The molecule has 1 rings (SSSR count). The highest BCUT2D eigenvalue weighted by Crippen LogP contribution is 2.29. The highest BCUT2D eigenvalue weighted by Gasteiger charge is 2.10. The zero-order valence-corrected chi connectivity index (χ0v) is 10.9. The predicted molar refractivity (Wildman–Crippen MR) is 69.6 cm³/mol. The summed E-state index contributed by atoms with van der Waals surface area (Å²) in [6.07, 6.45) is 0. The molecule has 1 amide bonds. The molecule has 0 aliphatic carbocycles. The molecule has 0 aliphatic rings. The van der Waals surface area contributed by atoms with Gasteiger partial charge in [0.15, 0.2) is 0 Å². The van der Waals surface area contributed by atoms with Crippen molar-refractivity contribution in [1.82, 2.24) is 5.32 Å². The molecule has 0 aromatic heterocycles. The highest BCUT2D eigenvalue weighted by molar-refractivity contribution is 5.94. The smallest absolute Gasteiger partial charge is 0.238 e. The number of anilines is 1. The Morgan fingerprint density at radius 3 is 2.65 bits per heavy atom. The minimum atomic E-state index is -0.0600. The number of rotatable bonds is 5. The summed E-state index contributed by atoms with van der Waals surface area (Å²) < 4.78 is 5.30. The second-order valence-corrected chi connectivity index (χ2v) is 3.99. The van der Waals surface area contributed by atoms with E-state index in [0.29, 0.717) is 6.54 Å². The summed E-state index contributed by atoms with van der Waals surface area (Å²) in [4.78, 5) is 11.6. The molecule has 1 aromatic carbocycles. The average molecular weight is 236 g/mol. The average Bonchev–Trinajstić information content (AvgIpc) is 2.25. The minimum absolute atomic E-state index is 0.0600. The Kier molecular flexibility index (Phi) is 4.97. The minimum Gasteiger partial charge on any atom is -0.494 e. The fourth-order valence-corrected chi connectivity index (χ4v) is 1.75. The number of hydrogen-bond acceptors (Lipinski definition) is 3. The molecule has 0 heterocycles. The summed E-state index contributed by atoms with van der Waals surface area (Å²) in [5, 5.41) is 5.83. The molecule has 0 radical (unpaired) electrons. The van der Waals surface area contributed by atoms with Crippen molar-refractivity contribution in [3.05, 3.63) is 23.3 Å². The summed E-state index contributed by atoms with van der Waals surface area (Å²) in [6.45, 7) is 7.01. The van der Waals surface area contributed by atoms with Crippen molar-refractivity contribution in [3.63, 3.8) is 0 Å². The van der Waals surface area contributed by atoms with Crippen molar-refractivity contribution in [2.45, 2.75) is 20.8 Å². The molecule has 0 saturated carbocycles. The van der Waals surface area contributed by atoms with Gasteiger partial charge in [-0.15, -0.1) is 0 Å². The number of aryl methyl sites for hydroxylation is 2. The fourth-order valence-electron chi connectivity index (χ4n) is 1.75. The van der Waals surface area contributed by atoms with Gasteiger partial charge in [-0.05, 0) is 37.6 Å². The molecule has 0 saturated heterocycles. The van der Waals surface area contributed by atoms with Gasteiger partial charge in [-0.1, -0.05) is 13.0 Å². The third-order valence-corrected chi connectivity index (χ3v) is 2.43. The number of carbonyl (C=O) groups is 1. The largest absolute Gasteiger partial charge is 0.494 e. The van der Waals surface area contributed by atoms with E-state index in [2.05, 4.69) is 10.6 Å². The topological polar surface area (TPSA) is 50.4 Å².